The first-order chi connectivity index (χ1) is 30.7. The molecule has 0 aliphatic heterocycles. The molecule has 0 aliphatic rings. The van der Waals surface area contributed by atoms with E-state index in [1.807, 2.05) is 0 Å². The van der Waals surface area contributed by atoms with E-state index in [1.165, 1.54) is 205 Å². The topological polar surface area (TPSA) is 78.9 Å². The summed E-state index contributed by atoms with van der Waals surface area (Å²) < 4.78 is 16.9. The van der Waals surface area contributed by atoms with Crippen LogP contribution in [0.2, 0.25) is 0 Å². The Balaban J connectivity index is 4.27. The number of carbonyl (C=O) groups excluding carboxylic acids is 3. The van der Waals surface area contributed by atoms with Gasteiger partial charge in [-0.15, -0.1) is 0 Å². The van der Waals surface area contributed by atoms with Gasteiger partial charge in [0.1, 0.15) is 13.2 Å². The van der Waals surface area contributed by atoms with Crippen molar-refractivity contribution in [2.75, 3.05) is 13.2 Å². The Kier molecular flexibility index (Phi) is 48.6. The summed E-state index contributed by atoms with van der Waals surface area (Å²) in [6, 6.07) is 0. The quantitative estimate of drug-likeness (QED) is 0.0344. The van der Waals surface area contributed by atoms with Crippen LogP contribution in [0.1, 0.15) is 317 Å². The minimum Gasteiger partial charge on any atom is -0.462 e. The minimum atomic E-state index is -0.762. The highest BCUT2D eigenvalue weighted by atomic mass is 16.6. The molecule has 0 heterocycles. The monoisotopic (exact) mass is 891 g/mol. The van der Waals surface area contributed by atoms with Crippen LogP contribution in [0.15, 0.2) is 0 Å². The summed E-state index contributed by atoms with van der Waals surface area (Å²) in [4.78, 5) is 38.1. The molecule has 0 aromatic heterocycles. The second-order valence-corrected chi connectivity index (χ2v) is 20.5. The van der Waals surface area contributed by atoms with Gasteiger partial charge in [-0.05, 0) is 31.1 Å². The van der Waals surface area contributed by atoms with Gasteiger partial charge in [-0.3, -0.25) is 14.4 Å². The van der Waals surface area contributed by atoms with Crippen molar-refractivity contribution < 1.29 is 28.6 Å². The van der Waals surface area contributed by atoms with E-state index in [2.05, 4.69) is 34.6 Å². The molecular weight excluding hydrogens is 781 g/mol. The van der Waals surface area contributed by atoms with Crippen LogP contribution >= 0.6 is 0 Å². The number of unbranched alkanes of at least 4 members (excludes halogenated alkanes) is 36. The van der Waals surface area contributed by atoms with Gasteiger partial charge in [0.15, 0.2) is 6.10 Å². The Morgan fingerprint density at radius 3 is 0.778 bits per heavy atom. The van der Waals surface area contributed by atoms with E-state index in [0.29, 0.717) is 19.3 Å². The second kappa shape index (κ2) is 49.8. The van der Waals surface area contributed by atoms with Gasteiger partial charge in [-0.2, -0.15) is 0 Å². The third-order valence-corrected chi connectivity index (χ3v) is 13.0. The molecule has 0 saturated carbocycles. The molecule has 0 rings (SSSR count). The number of hydrogen-bond donors (Lipinski definition) is 0. The van der Waals surface area contributed by atoms with E-state index in [1.54, 1.807) is 0 Å². The van der Waals surface area contributed by atoms with Crippen molar-refractivity contribution in [3.63, 3.8) is 0 Å². The van der Waals surface area contributed by atoms with Gasteiger partial charge in [0, 0.05) is 19.3 Å². The minimum absolute atomic E-state index is 0.0628. The maximum Gasteiger partial charge on any atom is 0.306 e. The van der Waals surface area contributed by atoms with Gasteiger partial charge < -0.3 is 14.2 Å². The van der Waals surface area contributed by atoms with Crippen molar-refractivity contribution in [1.29, 1.82) is 0 Å². The van der Waals surface area contributed by atoms with E-state index in [9.17, 15) is 14.4 Å². The molecule has 0 spiro atoms. The van der Waals surface area contributed by atoms with Gasteiger partial charge in [0.2, 0.25) is 0 Å². The number of carbonyl (C=O) groups is 3. The molecule has 1 atom stereocenters. The van der Waals surface area contributed by atoms with Crippen molar-refractivity contribution >= 4 is 17.9 Å². The van der Waals surface area contributed by atoms with Gasteiger partial charge in [0.25, 0.3) is 0 Å². The molecule has 6 nitrogen and oxygen atoms in total. The van der Waals surface area contributed by atoms with Gasteiger partial charge in [-0.1, -0.05) is 279 Å². The fraction of sp³-hybridized carbons (Fsp3) is 0.947. The Bertz CT molecular complexity index is 962. The van der Waals surface area contributed by atoms with Crippen molar-refractivity contribution in [3.05, 3.63) is 0 Å². The summed E-state index contributed by atoms with van der Waals surface area (Å²) in [5, 5.41) is 0. The molecule has 0 unspecified atom stereocenters. The largest absolute Gasteiger partial charge is 0.462 e. The van der Waals surface area contributed by atoms with Crippen LogP contribution in [-0.2, 0) is 28.6 Å². The lowest BCUT2D eigenvalue weighted by Gasteiger charge is -2.18. The Labute approximate surface area is 393 Å². The zero-order valence-electron chi connectivity index (χ0n) is 43.2. The maximum absolute atomic E-state index is 12.8. The molecule has 0 aromatic carbocycles. The third-order valence-electron chi connectivity index (χ3n) is 13.0. The summed E-state index contributed by atoms with van der Waals surface area (Å²) in [6.07, 6.45) is 52.3. The molecule has 374 valence electrons. The second-order valence-electron chi connectivity index (χ2n) is 20.5. The van der Waals surface area contributed by atoms with E-state index in [4.69, 9.17) is 14.2 Å². The molecule has 0 amide bonds. The molecule has 0 aromatic rings. The van der Waals surface area contributed by atoms with Crippen LogP contribution in [0.3, 0.4) is 0 Å². The highest BCUT2D eigenvalue weighted by molar-refractivity contribution is 5.71. The van der Waals surface area contributed by atoms with Gasteiger partial charge in [-0.25, -0.2) is 0 Å². The average molecular weight is 892 g/mol. The van der Waals surface area contributed by atoms with Crippen LogP contribution in [0.25, 0.3) is 0 Å². The first-order valence-corrected chi connectivity index (χ1v) is 28.2. The fourth-order valence-electron chi connectivity index (χ4n) is 8.70. The number of esters is 3. The van der Waals surface area contributed by atoms with Gasteiger partial charge in [0.05, 0.1) is 0 Å². The molecule has 0 bridgehead atoms. The highest BCUT2D eigenvalue weighted by Crippen LogP contribution is 2.18. The first kappa shape index (κ1) is 61.4. The summed E-state index contributed by atoms with van der Waals surface area (Å²) in [7, 11) is 0. The van der Waals surface area contributed by atoms with Crippen LogP contribution < -0.4 is 0 Å². The fourth-order valence-corrected chi connectivity index (χ4v) is 8.70. The van der Waals surface area contributed by atoms with Crippen molar-refractivity contribution in [2.24, 2.45) is 11.8 Å². The lowest BCUT2D eigenvalue weighted by atomic mass is 10.0. The predicted molar refractivity (Wildman–Crippen MR) is 270 cm³/mol. The number of rotatable bonds is 51. The van der Waals surface area contributed by atoms with Crippen LogP contribution in [0.4, 0.5) is 0 Å². The van der Waals surface area contributed by atoms with E-state index < -0.39 is 6.10 Å². The van der Waals surface area contributed by atoms with Crippen molar-refractivity contribution in [1.82, 2.24) is 0 Å². The molecule has 0 N–H and O–H groups in total. The van der Waals surface area contributed by atoms with Crippen LogP contribution in [-0.4, -0.2) is 37.2 Å². The standard InChI is InChI=1S/C57H110O6/c1-6-7-8-9-10-11-20-27-32-37-42-47-55(58)61-50-54(63-57(60)49-44-39-34-29-24-19-15-17-22-26-31-36-41-46-53(4)5)51-62-56(59)48-43-38-33-28-23-18-14-12-13-16-21-25-30-35-40-45-52(2)3/h52-54H,6-51H2,1-5H3/t54-/m0/s1. The van der Waals surface area contributed by atoms with Crippen LogP contribution in [0, 0.1) is 11.8 Å². The lowest BCUT2D eigenvalue weighted by molar-refractivity contribution is -0.167. The zero-order chi connectivity index (χ0) is 46.1. The summed E-state index contributed by atoms with van der Waals surface area (Å²) in [5.41, 5.74) is 0. The molecule has 0 radical (unpaired) electrons. The SMILES string of the molecule is CCCCCCCCCCCCCC(=O)OC[C@@H](COC(=O)CCCCCCCCCCCCCCCCCC(C)C)OC(=O)CCCCCCCCCCCCCCCC(C)C. The van der Waals surface area contributed by atoms with Crippen LogP contribution in [0.5, 0.6) is 0 Å². The normalized spacial score (nSPS) is 12.0. The smallest absolute Gasteiger partial charge is 0.306 e. The Hall–Kier alpha value is -1.59. The molecule has 0 aliphatic carbocycles. The average Bonchev–Trinajstić information content (AvgIpc) is 3.25. The molecule has 6 heteroatoms. The van der Waals surface area contributed by atoms with Gasteiger partial charge >= 0.3 is 17.9 Å². The summed E-state index contributed by atoms with van der Waals surface area (Å²) in [5.74, 6) is 0.846. The number of hydrogen-bond acceptors (Lipinski definition) is 6. The summed E-state index contributed by atoms with van der Waals surface area (Å²) in [6.45, 7) is 11.4. The Morgan fingerprint density at radius 2 is 0.524 bits per heavy atom. The molecular formula is C57H110O6. The van der Waals surface area contributed by atoms with E-state index >= 15 is 0 Å². The lowest BCUT2D eigenvalue weighted by Crippen LogP contribution is -2.30. The number of ether oxygens (including phenoxy) is 3. The Morgan fingerprint density at radius 1 is 0.302 bits per heavy atom. The van der Waals surface area contributed by atoms with Crippen molar-refractivity contribution in [3.8, 4) is 0 Å². The van der Waals surface area contributed by atoms with Crippen molar-refractivity contribution in [2.45, 2.75) is 323 Å². The van der Waals surface area contributed by atoms with E-state index in [-0.39, 0.29) is 31.1 Å². The maximum atomic E-state index is 12.8. The van der Waals surface area contributed by atoms with E-state index in [0.717, 1.165) is 69.6 Å². The molecule has 0 fully saturated rings. The molecule has 0 saturated heterocycles. The summed E-state index contributed by atoms with van der Waals surface area (Å²) >= 11 is 0. The third kappa shape index (κ3) is 51.3. The predicted octanol–water partition coefficient (Wildman–Crippen LogP) is 18.5. The molecule has 63 heavy (non-hydrogen) atoms. The zero-order valence-corrected chi connectivity index (χ0v) is 43.2. The highest BCUT2D eigenvalue weighted by Gasteiger charge is 2.19. The first-order valence-electron chi connectivity index (χ1n) is 28.2.